The number of halogens is 1. The Morgan fingerprint density at radius 3 is 1.92 bits per heavy atom. The number of nitrogens with one attached hydrogen (secondary N) is 1. The van der Waals surface area contributed by atoms with Crippen molar-refractivity contribution in [2.75, 3.05) is 18.9 Å². The SMILES string of the molecule is CC(=O)OC1C[C@H]2CC[C@@H](C1)[N+]2(C)CC(=O)c1ccccc1.CC(C)(C)OC(=O)Nc1ccccc1.[Br-]. The molecule has 2 heterocycles. The number of carbonyl (C=O) groups is 3. The number of likely N-dealkylation sites (N-methyl/N-ethyl adjacent to an activating group) is 1. The molecule has 202 valence electrons. The van der Waals surface area contributed by atoms with E-state index in [-0.39, 0.29) is 34.8 Å². The number of para-hydroxylation sites is 1. The lowest BCUT2D eigenvalue weighted by atomic mass is 9.95. The van der Waals surface area contributed by atoms with Crippen LogP contribution in [0.15, 0.2) is 60.7 Å². The number of piperidine rings is 1. The molecule has 2 aromatic carbocycles. The number of amides is 1. The number of Topliss-reactive ketones (excluding diaryl/α,β-unsaturated/α-hetero) is 1. The van der Waals surface area contributed by atoms with E-state index in [1.54, 1.807) is 0 Å². The smallest absolute Gasteiger partial charge is 0.412 e. The lowest BCUT2D eigenvalue weighted by molar-refractivity contribution is -0.941. The maximum Gasteiger partial charge on any atom is 0.412 e. The predicted octanol–water partition coefficient (Wildman–Crippen LogP) is 2.61. The molecule has 0 aromatic heterocycles. The van der Waals surface area contributed by atoms with Crippen LogP contribution < -0.4 is 22.3 Å². The Bertz CT molecular complexity index is 1030. The summed E-state index contributed by atoms with van der Waals surface area (Å²) in [6.45, 7) is 7.52. The van der Waals surface area contributed by atoms with Crippen molar-refractivity contribution in [3.63, 3.8) is 0 Å². The summed E-state index contributed by atoms with van der Waals surface area (Å²) in [4.78, 5) is 35.1. The van der Waals surface area contributed by atoms with Gasteiger partial charge >= 0.3 is 12.1 Å². The number of hydrogen-bond acceptors (Lipinski definition) is 5. The number of rotatable bonds is 5. The first-order valence-corrected chi connectivity index (χ1v) is 12.6. The molecular weight excluding hydrogens is 536 g/mol. The van der Waals surface area contributed by atoms with Gasteiger partial charge in [0.1, 0.15) is 18.2 Å². The summed E-state index contributed by atoms with van der Waals surface area (Å²) in [5.41, 5.74) is 1.07. The van der Waals surface area contributed by atoms with Gasteiger partial charge in [-0.05, 0) is 32.9 Å². The van der Waals surface area contributed by atoms with Crippen molar-refractivity contribution >= 4 is 23.5 Å². The minimum Gasteiger partial charge on any atom is -1.00 e. The first-order chi connectivity index (χ1) is 17.0. The second-order valence-corrected chi connectivity index (χ2v) is 10.9. The third-order valence-corrected chi connectivity index (χ3v) is 6.90. The molecule has 2 unspecified atom stereocenters. The van der Waals surface area contributed by atoms with E-state index in [2.05, 4.69) is 12.4 Å². The molecule has 0 saturated carbocycles. The number of hydrogen-bond donors (Lipinski definition) is 1. The van der Waals surface area contributed by atoms with Gasteiger partial charge in [-0.2, -0.15) is 0 Å². The van der Waals surface area contributed by atoms with Gasteiger partial charge < -0.3 is 30.9 Å². The molecule has 4 rings (SSSR count). The molecule has 2 saturated heterocycles. The Hall–Kier alpha value is -2.71. The number of fused-ring (bicyclic) bond motifs is 2. The minimum atomic E-state index is -0.459. The molecular formula is C29H39BrN2O5. The Balaban J connectivity index is 0.000000280. The van der Waals surface area contributed by atoms with E-state index in [0.29, 0.717) is 18.6 Å². The van der Waals surface area contributed by atoms with Crippen LogP contribution in [0.4, 0.5) is 10.5 Å². The molecule has 2 fully saturated rings. The first-order valence-electron chi connectivity index (χ1n) is 12.6. The fourth-order valence-corrected chi connectivity index (χ4v) is 5.25. The molecule has 1 amide bonds. The van der Waals surface area contributed by atoms with Gasteiger partial charge in [0.25, 0.3) is 0 Å². The van der Waals surface area contributed by atoms with Crippen LogP contribution >= 0.6 is 0 Å². The highest BCUT2D eigenvalue weighted by atomic mass is 79.9. The van der Waals surface area contributed by atoms with Crippen LogP contribution in [0.1, 0.15) is 63.7 Å². The van der Waals surface area contributed by atoms with Gasteiger partial charge in [-0.15, -0.1) is 0 Å². The van der Waals surface area contributed by atoms with E-state index < -0.39 is 11.7 Å². The van der Waals surface area contributed by atoms with Crippen LogP contribution in [-0.2, 0) is 14.3 Å². The lowest BCUT2D eigenvalue weighted by Crippen LogP contribution is -3.00. The number of carbonyl (C=O) groups excluding carboxylic acids is 3. The number of ether oxygens (including phenoxy) is 2. The van der Waals surface area contributed by atoms with Crippen molar-refractivity contribution in [1.29, 1.82) is 0 Å². The highest BCUT2D eigenvalue weighted by Gasteiger charge is 2.53. The second-order valence-electron chi connectivity index (χ2n) is 10.9. The van der Waals surface area contributed by atoms with Crippen molar-refractivity contribution in [3.8, 4) is 0 Å². The highest BCUT2D eigenvalue weighted by Crippen LogP contribution is 2.42. The quantitative estimate of drug-likeness (QED) is 0.337. The first kappa shape index (κ1) is 30.5. The van der Waals surface area contributed by atoms with Crippen molar-refractivity contribution in [3.05, 3.63) is 66.2 Å². The van der Waals surface area contributed by atoms with E-state index in [9.17, 15) is 14.4 Å². The topological polar surface area (TPSA) is 81.7 Å². The largest absolute Gasteiger partial charge is 1.00 e. The van der Waals surface area contributed by atoms with Crippen LogP contribution in [0.5, 0.6) is 0 Å². The van der Waals surface area contributed by atoms with Crippen molar-refractivity contribution in [2.45, 2.75) is 77.2 Å². The van der Waals surface area contributed by atoms with Crippen LogP contribution in [-0.4, -0.2) is 59.7 Å². The average Bonchev–Trinajstić information content (AvgIpc) is 2.95. The molecule has 7 nitrogen and oxygen atoms in total. The van der Waals surface area contributed by atoms with Crippen LogP contribution in [0.25, 0.3) is 0 Å². The number of ketones is 1. The second kappa shape index (κ2) is 13.2. The van der Waals surface area contributed by atoms with Gasteiger partial charge in [-0.1, -0.05) is 48.5 Å². The van der Waals surface area contributed by atoms with Crippen molar-refractivity contribution < 1.29 is 45.3 Å². The Morgan fingerprint density at radius 2 is 1.43 bits per heavy atom. The predicted molar refractivity (Wildman–Crippen MR) is 140 cm³/mol. The zero-order valence-electron chi connectivity index (χ0n) is 22.4. The molecule has 1 N–H and O–H groups in total. The van der Waals surface area contributed by atoms with E-state index in [1.807, 2.05) is 81.4 Å². The van der Waals surface area contributed by atoms with Gasteiger partial charge in [0.15, 0.2) is 0 Å². The summed E-state index contributed by atoms with van der Waals surface area (Å²) in [5.74, 6) is 0.0202. The Kier molecular flexibility index (Phi) is 10.9. The molecule has 2 aromatic rings. The summed E-state index contributed by atoms with van der Waals surface area (Å²) >= 11 is 0. The zero-order valence-corrected chi connectivity index (χ0v) is 24.0. The van der Waals surface area contributed by atoms with Gasteiger partial charge in [0.2, 0.25) is 5.78 Å². The number of esters is 1. The normalized spacial score (nSPS) is 24.0. The summed E-state index contributed by atoms with van der Waals surface area (Å²) in [7, 11) is 2.20. The van der Waals surface area contributed by atoms with E-state index >= 15 is 0 Å². The zero-order chi connectivity index (χ0) is 26.3. The minimum absolute atomic E-state index is 0. The van der Waals surface area contributed by atoms with Crippen LogP contribution in [0, 0.1) is 0 Å². The van der Waals surface area contributed by atoms with Crippen LogP contribution in [0.2, 0.25) is 0 Å². The molecule has 0 spiro atoms. The molecule has 2 aliphatic rings. The third-order valence-electron chi connectivity index (χ3n) is 6.90. The summed E-state index contributed by atoms with van der Waals surface area (Å²) in [5, 5.41) is 2.64. The Labute approximate surface area is 230 Å². The number of benzene rings is 2. The van der Waals surface area contributed by atoms with Crippen LogP contribution in [0.3, 0.4) is 0 Å². The summed E-state index contributed by atoms with van der Waals surface area (Å²) in [6.07, 6.45) is 3.63. The molecule has 0 aliphatic carbocycles. The summed E-state index contributed by atoms with van der Waals surface area (Å²) in [6, 6.07) is 19.6. The molecule has 2 bridgehead atoms. The van der Waals surface area contributed by atoms with Crippen molar-refractivity contribution in [2.24, 2.45) is 0 Å². The van der Waals surface area contributed by atoms with Gasteiger partial charge in [-0.25, -0.2) is 4.79 Å². The standard InChI is InChI=1S/C18H24NO3.C11H15NO2.BrH/c1-13(20)22-17-10-15-8-9-16(11-17)19(15,2)12-18(21)14-6-4-3-5-7-14;1-11(2,3)14-10(13)12-9-7-5-4-6-8-9;/h3-7,15-17H,8-12H2,1-2H3;4-8H,1-3H3,(H,12,13);1H/q+1;;/p-1/t15-,16+,17?,19?;;. The fourth-order valence-electron chi connectivity index (χ4n) is 5.25. The monoisotopic (exact) mass is 574 g/mol. The van der Waals surface area contributed by atoms with Gasteiger partial charge in [0, 0.05) is 43.9 Å². The molecule has 37 heavy (non-hydrogen) atoms. The maximum absolute atomic E-state index is 12.6. The Morgan fingerprint density at radius 1 is 0.919 bits per heavy atom. The molecule has 0 radical (unpaired) electrons. The van der Waals surface area contributed by atoms with Crippen molar-refractivity contribution in [1.82, 2.24) is 0 Å². The van der Waals surface area contributed by atoms with E-state index in [0.717, 1.165) is 41.4 Å². The molecule has 8 heteroatoms. The highest BCUT2D eigenvalue weighted by molar-refractivity contribution is 5.97. The average molecular weight is 576 g/mol. The number of nitrogens with zero attached hydrogens (tertiary/aromatic N) is 1. The number of quaternary nitrogens is 1. The van der Waals surface area contributed by atoms with E-state index in [1.165, 1.54) is 6.92 Å². The van der Waals surface area contributed by atoms with Gasteiger partial charge in [0.05, 0.1) is 19.1 Å². The maximum atomic E-state index is 12.6. The van der Waals surface area contributed by atoms with E-state index in [4.69, 9.17) is 9.47 Å². The summed E-state index contributed by atoms with van der Waals surface area (Å²) < 4.78 is 11.3. The third kappa shape index (κ3) is 8.97. The fraction of sp³-hybridized carbons (Fsp3) is 0.483. The molecule has 4 atom stereocenters. The lowest BCUT2D eigenvalue weighted by Gasteiger charge is -2.46. The molecule has 2 aliphatic heterocycles. The number of anilines is 1. The van der Waals surface area contributed by atoms with Gasteiger partial charge in [-0.3, -0.25) is 14.9 Å².